The van der Waals surface area contributed by atoms with Crippen molar-refractivity contribution in [3.63, 3.8) is 0 Å². The van der Waals surface area contributed by atoms with E-state index in [1.165, 1.54) is 17.8 Å². The lowest BCUT2D eigenvalue weighted by Crippen LogP contribution is -2.19. The van der Waals surface area contributed by atoms with Crippen molar-refractivity contribution in [1.29, 1.82) is 0 Å². The number of nitrogens with zero attached hydrogens (tertiary/aromatic N) is 1. The van der Waals surface area contributed by atoms with Crippen LogP contribution in [0.1, 0.15) is 15.9 Å². The van der Waals surface area contributed by atoms with Crippen LogP contribution in [0.25, 0.3) is 6.08 Å². The number of hydrogen-bond donors (Lipinski definition) is 2. The molecule has 2 aromatic rings. The van der Waals surface area contributed by atoms with Gasteiger partial charge in [0.15, 0.2) is 5.17 Å². The van der Waals surface area contributed by atoms with Crippen molar-refractivity contribution in [3.05, 3.63) is 69.0 Å². The van der Waals surface area contributed by atoms with Crippen LogP contribution >= 0.6 is 27.7 Å². The number of amidine groups is 1. The maximum absolute atomic E-state index is 12.1. The van der Waals surface area contributed by atoms with Gasteiger partial charge in [-0.3, -0.25) is 4.79 Å². The van der Waals surface area contributed by atoms with Crippen LogP contribution in [0.4, 0.5) is 5.69 Å². The maximum Gasteiger partial charge on any atom is 0.337 e. The Bertz CT molecular complexity index is 876. The number of thioether (sulfide) groups is 1. The first kappa shape index (κ1) is 16.5. The molecule has 1 saturated heterocycles. The van der Waals surface area contributed by atoms with E-state index in [-0.39, 0.29) is 11.5 Å². The average molecular weight is 403 g/mol. The van der Waals surface area contributed by atoms with Crippen molar-refractivity contribution in [3.8, 4) is 0 Å². The highest BCUT2D eigenvalue weighted by Gasteiger charge is 2.24. The first-order valence-corrected chi connectivity index (χ1v) is 8.51. The Hall–Kier alpha value is -2.38. The summed E-state index contributed by atoms with van der Waals surface area (Å²) in [4.78, 5) is 28.0. The van der Waals surface area contributed by atoms with Crippen LogP contribution in [-0.2, 0) is 4.79 Å². The summed E-state index contributed by atoms with van der Waals surface area (Å²) in [6.45, 7) is 0. The van der Waals surface area contributed by atoms with E-state index in [0.29, 0.717) is 15.8 Å². The molecule has 0 atom stereocenters. The van der Waals surface area contributed by atoms with Crippen LogP contribution in [0.3, 0.4) is 0 Å². The lowest BCUT2D eigenvalue weighted by Gasteiger charge is -2.00. The van der Waals surface area contributed by atoms with Crippen molar-refractivity contribution in [1.82, 2.24) is 5.32 Å². The number of aromatic carboxylic acids is 1. The normalized spacial score (nSPS) is 17.3. The fourth-order valence-electron chi connectivity index (χ4n) is 2.05. The van der Waals surface area contributed by atoms with Gasteiger partial charge in [0, 0.05) is 4.47 Å². The molecule has 1 aliphatic heterocycles. The van der Waals surface area contributed by atoms with E-state index < -0.39 is 5.97 Å². The van der Waals surface area contributed by atoms with E-state index in [2.05, 4.69) is 26.2 Å². The van der Waals surface area contributed by atoms with Crippen LogP contribution in [0, 0.1) is 0 Å². The molecule has 1 aliphatic rings. The molecule has 0 radical (unpaired) electrons. The van der Waals surface area contributed by atoms with Crippen LogP contribution in [0.15, 0.2) is 62.9 Å². The maximum atomic E-state index is 12.1. The summed E-state index contributed by atoms with van der Waals surface area (Å²) in [5.41, 5.74) is 1.28. The average Bonchev–Trinajstić information content (AvgIpc) is 2.89. The molecule has 1 fully saturated rings. The summed E-state index contributed by atoms with van der Waals surface area (Å²) >= 11 is 4.54. The molecule has 2 N–H and O–H groups in total. The zero-order valence-electron chi connectivity index (χ0n) is 12.2. The molecule has 0 aliphatic carbocycles. The van der Waals surface area contributed by atoms with Gasteiger partial charge in [0.2, 0.25) is 0 Å². The van der Waals surface area contributed by atoms with Crippen LogP contribution < -0.4 is 5.32 Å². The summed E-state index contributed by atoms with van der Waals surface area (Å²) in [7, 11) is 0. The van der Waals surface area contributed by atoms with Gasteiger partial charge in [-0.05, 0) is 47.7 Å². The molecule has 0 aromatic heterocycles. The fraction of sp³-hybridized carbons (Fsp3) is 0. The Morgan fingerprint density at radius 2 is 1.88 bits per heavy atom. The number of para-hydroxylation sites is 1. The van der Waals surface area contributed by atoms with Gasteiger partial charge >= 0.3 is 5.97 Å². The number of carboxylic acid groups (broad SMARTS) is 1. The van der Waals surface area contributed by atoms with Gasteiger partial charge in [-0.1, -0.05) is 40.2 Å². The molecule has 0 saturated carbocycles. The molecule has 7 heteroatoms. The standard InChI is InChI=1S/C17H11BrN2O3S/c18-11-7-5-10(6-8-11)9-14-15(21)20-17(24-14)19-13-4-2-1-3-12(13)16(22)23/h1-9H,(H,22,23)(H,19,20,21). The topological polar surface area (TPSA) is 78.8 Å². The van der Waals surface area contributed by atoms with E-state index >= 15 is 0 Å². The smallest absolute Gasteiger partial charge is 0.337 e. The highest BCUT2D eigenvalue weighted by atomic mass is 79.9. The predicted octanol–water partition coefficient (Wildman–Crippen LogP) is 4.04. The van der Waals surface area contributed by atoms with Crippen LogP contribution in [-0.4, -0.2) is 22.2 Å². The number of halogens is 1. The Morgan fingerprint density at radius 1 is 1.17 bits per heavy atom. The molecular formula is C17H11BrN2O3S. The number of carbonyl (C=O) groups is 2. The summed E-state index contributed by atoms with van der Waals surface area (Å²) in [6, 6.07) is 14.0. The third-order valence-corrected chi connectivity index (χ3v) is 4.61. The molecule has 5 nitrogen and oxygen atoms in total. The van der Waals surface area contributed by atoms with Crippen molar-refractivity contribution in [2.75, 3.05) is 0 Å². The zero-order chi connectivity index (χ0) is 17.1. The second-order valence-electron chi connectivity index (χ2n) is 4.86. The highest BCUT2D eigenvalue weighted by molar-refractivity contribution is 9.10. The lowest BCUT2D eigenvalue weighted by atomic mass is 10.2. The van der Waals surface area contributed by atoms with Crippen molar-refractivity contribution < 1.29 is 14.7 Å². The monoisotopic (exact) mass is 402 g/mol. The van der Waals surface area contributed by atoms with E-state index in [1.807, 2.05) is 24.3 Å². The number of benzene rings is 2. The van der Waals surface area contributed by atoms with Gasteiger partial charge in [-0.2, -0.15) is 0 Å². The first-order valence-electron chi connectivity index (χ1n) is 6.90. The lowest BCUT2D eigenvalue weighted by molar-refractivity contribution is -0.115. The highest BCUT2D eigenvalue weighted by Crippen LogP contribution is 2.29. The van der Waals surface area contributed by atoms with Crippen LogP contribution in [0.2, 0.25) is 0 Å². The van der Waals surface area contributed by atoms with Gasteiger partial charge in [-0.15, -0.1) is 0 Å². The first-order chi connectivity index (χ1) is 11.5. The fourth-order valence-corrected chi connectivity index (χ4v) is 3.15. The Morgan fingerprint density at radius 3 is 2.58 bits per heavy atom. The minimum Gasteiger partial charge on any atom is -0.478 e. The van der Waals surface area contributed by atoms with Crippen molar-refractivity contribution in [2.24, 2.45) is 4.99 Å². The van der Waals surface area contributed by atoms with Gasteiger partial charge in [-0.25, -0.2) is 9.79 Å². The SMILES string of the molecule is O=C1NC(=Nc2ccccc2C(=O)O)SC1=Cc1ccc(Br)cc1. The molecule has 24 heavy (non-hydrogen) atoms. The number of nitrogens with one attached hydrogen (secondary N) is 1. The molecule has 0 spiro atoms. The summed E-state index contributed by atoms with van der Waals surface area (Å²) in [5, 5.41) is 12.2. The van der Waals surface area contributed by atoms with Crippen molar-refractivity contribution >= 4 is 56.5 Å². The third-order valence-electron chi connectivity index (χ3n) is 3.18. The Kier molecular flexibility index (Phi) is 4.82. The minimum absolute atomic E-state index is 0.0881. The van der Waals surface area contributed by atoms with E-state index in [4.69, 9.17) is 0 Å². The quantitative estimate of drug-likeness (QED) is 0.759. The van der Waals surface area contributed by atoms with E-state index in [0.717, 1.165) is 10.0 Å². The minimum atomic E-state index is -1.06. The van der Waals surface area contributed by atoms with Gasteiger partial charge in [0.1, 0.15) is 0 Å². The zero-order valence-corrected chi connectivity index (χ0v) is 14.6. The van der Waals surface area contributed by atoms with Crippen molar-refractivity contribution in [2.45, 2.75) is 0 Å². The molecule has 0 bridgehead atoms. The molecule has 1 amide bonds. The number of hydrogen-bond acceptors (Lipinski definition) is 4. The number of amides is 1. The Balaban J connectivity index is 1.87. The van der Waals surface area contributed by atoms with Gasteiger partial charge in [0.05, 0.1) is 16.2 Å². The van der Waals surface area contributed by atoms with Gasteiger partial charge < -0.3 is 10.4 Å². The molecule has 0 unspecified atom stereocenters. The second-order valence-corrected chi connectivity index (χ2v) is 6.80. The number of carbonyl (C=O) groups excluding carboxylic acids is 1. The van der Waals surface area contributed by atoms with E-state index in [1.54, 1.807) is 24.3 Å². The number of carboxylic acids is 1. The Labute approximate surface area is 150 Å². The number of rotatable bonds is 3. The van der Waals surface area contributed by atoms with Gasteiger partial charge in [0.25, 0.3) is 5.91 Å². The van der Waals surface area contributed by atoms with E-state index in [9.17, 15) is 14.7 Å². The summed E-state index contributed by atoms with van der Waals surface area (Å²) in [6.07, 6.45) is 1.76. The predicted molar refractivity (Wildman–Crippen MR) is 98.3 cm³/mol. The molecule has 1 heterocycles. The largest absolute Gasteiger partial charge is 0.478 e. The summed E-state index contributed by atoms with van der Waals surface area (Å²) < 4.78 is 0.959. The molecular weight excluding hydrogens is 392 g/mol. The second kappa shape index (κ2) is 7.02. The third kappa shape index (κ3) is 3.74. The molecule has 120 valence electrons. The van der Waals surface area contributed by atoms with Crippen LogP contribution in [0.5, 0.6) is 0 Å². The number of aliphatic imine (C=N–C) groups is 1. The molecule has 3 rings (SSSR count). The molecule has 2 aromatic carbocycles. The summed E-state index contributed by atoms with van der Waals surface area (Å²) in [5.74, 6) is -1.32.